The minimum atomic E-state index is -0.339. The molecule has 0 bridgehead atoms. The lowest BCUT2D eigenvalue weighted by Gasteiger charge is -2.15. The molecule has 0 aliphatic carbocycles. The van der Waals surface area contributed by atoms with Crippen LogP contribution in [0.4, 0.5) is 0 Å². The van der Waals surface area contributed by atoms with E-state index in [2.05, 4.69) is 31.2 Å². The molecule has 0 saturated carbocycles. The molecular formula is C34H45NO3S. The molecule has 0 saturated heterocycles. The maximum Gasteiger partial charge on any atom is 0.336 e. The Kier molecular flexibility index (Phi) is 12.4. The van der Waals surface area contributed by atoms with Crippen LogP contribution in [0.15, 0.2) is 63.8 Å². The van der Waals surface area contributed by atoms with Crippen LogP contribution in [0, 0.1) is 0 Å². The number of aromatic nitrogens is 1. The molecule has 0 fully saturated rings. The molecule has 0 N–H and O–H groups in total. The molecule has 1 atom stereocenters. The van der Waals surface area contributed by atoms with E-state index in [1.807, 2.05) is 29.5 Å². The lowest BCUT2D eigenvalue weighted by molar-refractivity contribution is 0.292. The molecule has 1 unspecified atom stereocenters. The highest BCUT2D eigenvalue weighted by atomic mass is 32.1. The van der Waals surface area contributed by atoms with Crippen molar-refractivity contribution >= 4 is 32.5 Å². The molecule has 4 aromatic rings. The number of hydrogen-bond acceptors (Lipinski definition) is 5. The number of nitrogens with zero attached hydrogens (tertiary/aromatic N) is 1. The summed E-state index contributed by atoms with van der Waals surface area (Å²) in [6.07, 6.45) is 19.9. The number of unbranched alkanes of at least 4 members (excludes halogenated alkanes) is 12. The number of ether oxygens (including phenoxy) is 1. The van der Waals surface area contributed by atoms with Crippen molar-refractivity contribution in [2.75, 3.05) is 6.61 Å². The molecule has 2 aromatic carbocycles. The summed E-state index contributed by atoms with van der Waals surface area (Å²) >= 11 is 1.82. The maximum absolute atomic E-state index is 11.6. The van der Waals surface area contributed by atoms with E-state index in [0.29, 0.717) is 18.1 Å². The summed E-state index contributed by atoms with van der Waals surface area (Å²) in [5, 5.41) is 2.12. The van der Waals surface area contributed by atoms with Gasteiger partial charge in [0.25, 0.3) is 0 Å². The summed E-state index contributed by atoms with van der Waals surface area (Å²) in [6, 6.07) is 17.4. The van der Waals surface area contributed by atoms with Gasteiger partial charge in [-0.25, -0.2) is 9.78 Å². The van der Waals surface area contributed by atoms with E-state index in [0.717, 1.165) is 29.5 Å². The van der Waals surface area contributed by atoms with Crippen molar-refractivity contribution in [3.63, 3.8) is 0 Å². The summed E-state index contributed by atoms with van der Waals surface area (Å²) in [5.74, 6) is 1.13. The summed E-state index contributed by atoms with van der Waals surface area (Å²) in [5.41, 5.74) is 1.32. The van der Waals surface area contributed by atoms with E-state index in [-0.39, 0.29) is 5.63 Å². The number of rotatable bonds is 19. The molecular weight excluding hydrogens is 502 g/mol. The van der Waals surface area contributed by atoms with Gasteiger partial charge in [-0.2, -0.15) is 0 Å². The molecule has 0 spiro atoms. The van der Waals surface area contributed by atoms with Gasteiger partial charge >= 0.3 is 5.63 Å². The first kappa shape index (κ1) is 29.3. The normalized spacial score (nSPS) is 12.3. The van der Waals surface area contributed by atoms with E-state index in [9.17, 15) is 4.79 Å². The Hall–Kier alpha value is -2.66. The van der Waals surface area contributed by atoms with Crippen LogP contribution in [-0.2, 0) is 0 Å². The SMILES string of the molecule is CCCCCCCCCCCCCCCC(CCOc1ccc2ccc(=O)oc2c1)c1nc2ccccc2s1. The van der Waals surface area contributed by atoms with E-state index in [1.54, 1.807) is 6.07 Å². The number of fused-ring (bicyclic) bond motifs is 2. The van der Waals surface area contributed by atoms with Crippen molar-refractivity contribution < 1.29 is 9.15 Å². The monoisotopic (exact) mass is 547 g/mol. The van der Waals surface area contributed by atoms with Gasteiger partial charge in [0.05, 0.1) is 21.8 Å². The van der Waals surface area contributed by atoms with Gasteiger partial charge in [0.2, 0.25) is 0 Å². The van der Waals surface area contributed by atoms with Crippen LogP contribution < -0.4 is 10.4 Å². The molecule has 2 heterocycles. The van der Waals surface area contributed by atoms with Crippen molar-refractivity contribution in [3.8, 4) is 5.75 Å². The number of hydrogen-bond donors (Lipinski definition) is 0. The Bertz CT molecular complexity index is 1280. The Morgan fingerprint density at radius 3 is 2.18 bits per heavy atom. The fourth-order valence-corrected chi connectivity index (χ4v) is 6.45. The average molecular weight is 548 g/mol. The third-order valence-electron chi connectivity index (χ3n) is 7.65. The smallest absolute Gasteiger partial charge is 0.336 e. The van der Waals surface area contributed by atoms with Gasteiger partial charge in [-0.15, -0.1) is 11.3 Å². The standard InChI is InChI=1S/C34H45NO3S/c1-2-3-4-5-6-7-8-9-10-11-12-13-14-17-28(34-35-30-18-15-16-19-32(30)39-34)24-25-37-29-22-20-27-21-23-33(36)38-31(27)26-29/h15-16,18-23,26,28H,2-14,17,24-25H2,1H3. The van der Waals surface area contributed by atoms with E-state index >= 15 is 0 Å². The van der Waals surface area contributed by atoms with E-state index < -0.39 is 0 Å². The van der Waals surface area contributed by atoms with Gasteiger partial charge in [-0.1, -0.05) is 103 Å². The number of para-hydroxylation sites is 1. The first-order valence-corrected chi connectivity index (χ1v) is 16.1. The topological polar surface area (TPSA) is 52.3 Å². The van der Waals surface area contributed by atoms with Crippen molar-refractivity contribution in [1.82, 2.24) is 4.98 Å². The summed E-state index contributed by atoms with van der Waals surface area (Å²) in [4.78, 5) is 16.6. The van der Waals surface area contributed by atoms with E-state index in [4.69, 9.17) is 14.1 Å². The highest BCUT2D eigenvalue weighted by Crippen LogP contribution is 2.33. The zero-order valence-electron chi connectivity index (χ0n) is 23.7. The molecule has 4 rings (SSSR count). The lowest BCUT2D eigenvalue weighted by atomic mass is 9.97. The zero-order chi connectivity index (χ0) is 27.1. The summed E-state index contributed by atoms with van der Waals surface area (Å²) in [7, 11) is 0. The first-order chi connectivity index (χ1) is 19.2. The van der Waals surface area contributed by atoms with Gasteiger partial charge < -0.3 is 9.15 Å². The predicted molar refractivity (Wildman–Crippen MR) is 165 cm³/mol. The number of thiazole rings is 1. The fraction of sp³-hybridized carbons (Fsp3) is 0.529. The van der Waals surface area contributed by atoms with Gasteiger partial charge in [-0.3, -0.25) is 0 Å². The lowest BCUT2D eigenvalue weighted by Crippen LogP contribution is -2.06. The van der Waals surface area contributed by atoms with Gasteiger partial charge in [-0.05, 0) is 43.2 Å². The van der Waals surface area contributed by atoms with Crippen LogP contribution >= 0.6 is 11.3 Å². The minimum absolute atomic E-state index is 0.339. The van der Waals surface area contributed by atoms with Crippen LogP contribution in [0.3, 0.4) is 0 Å². The Balaban J connectivity index is 1.20. The molecule has 2 aromatic heterocycles. The van der Waals surface area contributed by atoms with Crippen molar-refractivity contribution in [2.45, 2.75) is 109 Å². The third kappa shape index (κ3) is 9.79. The van der Waals surface area contributed by atoms with Gasteiger partial charge in [0.1, 0.15) is 11.3 Å². The zero-order valence-corrected chi connectivity index (χ0v) is 24.5. The van der Waals surface area contributed by atoms with Crippen LogP contribution in [0.5, 0.6) is 5.75 Å². The van der Waals surface area contributed by atoms with E-state index in [1.165, 1.54) is 99.2 Å². The van der Waals surface area contributed by atoms with Crippen LogP contribution in [0.1, 0.15) is 114 Å². The highest BCUT2D eigenvalue weighted by molar-refractivity contribution is 7.18. The van der Waals surface area contributed by atoms with Crippen LogP contribution in [0.2, 0.25) is 0 Å². The van der Waals surface area contributed by atoms with Crippen LogP contribution in [-0.4, -0.2) is 11.6 Å². The second-order valence-corrected chi connectivity index (χ2v) is 11.9. The second kappa shape index (κ2) is 16.4. The molecule has 4 nitrogen and oxygen atoms in total. The molecule has 0 aliphatic rings. The molecule has 39 heavy (non-hydrogen) atoms. The fourth-order valence-electron chi connectivity index (χ4n) is 5.31. The molecule has 210 valence electrons. The average Bonchev–Trinajstić information content (AvgIpc) is 3.38. The largest absolute Gasteiger partial charge is 0.493 e. The maximum atomic E-state index is 11.6. The minimum Gasteiger partial charge on any atom is -0.493 e. The quantitative estimate of drug-likeness (QED) is 0.0865. The van der Waals surface area contributed by atoms with Crippen molar-refractivity contribution in [2.24, 2.45) is 0 Å². The predicted octanol–water partition coefficient (Wildman–Crippen LogP) is 10.4. The molecule has 5 heteroatoms. The molecule has 0 radical (unpaired) electrons. The summed E-state index contributed by atoms with van der Waals surface area (Å²) < 4.78 is 12.7. The first-order valence-electron chi connectivity index (χ1n) is 15.2. The Labute approximate surface area is 237 Å². The van der Waals surface area contributed by atoms with Crippen molar-refractivity contribution in [1.29, 1.82) is 0 Å². The van der Waals surface area contributed by atoms with Crippen molar-refractivity contribution in [3.05, 3.63) is 70.0 Å². The third-order valence-corrected chi connectivity index (χ3v) is 8.84. The molecule has 0 amide bonds. The van der Waals surface area contributed by atoms with Gasteiger partial charge in [0.15, 0.2) is 0 Å². The summed E-state index contributed by atoms with van der Waals surface area (Å²) in [6.45, 7) is 2.90. The Morgan fingerprint density at radius 2 is 1.46 bits per heavy atom. The second-order valence-electron chi connectivity index (χ2n) is 10.8. The highest BCUT2D eigenvalue weighted by Gasteiger charge is 2.17. The number of benzene rings is 2. The van der Waals surface area contributed by atoms with Crippen LogP contribution in [0.25, 0.3) is 21.2 Å². The molecule has 0 aliphatic heterocycles. The Morgan fingerprint density at radius 1 is 0.795 bits per heavy atom. The van der Waals surface area contributed by atoms with Gasteiger partial charge in [0, 0.05) is 23.4 Å².